The highest BCUT2D eigenvalue weighted by molar-refractivity contribution is 6.13. The highest BCUT2D eigenvalue weighted by Gasteiger charge is 2.40. The zero-order valence-corrected chi connectivity index (χ0v) is 33.8. The van der Waals surface area contributed by atoms with Gasteiger partial charge in [0.1, 0.15) is 18.7 Å². The Morgan fingerprint density at radius 1 is 0.684 bits per heavy atom. The zero-order chi connectivity index (χ0) is 43.0. The minimum atomic E-state index is -1.62. The van der Waals surface area contributed by atoms with Crippen molar-refractivity contribution in [1.82, 2.24) is 15.5 Å². The molecule has 0 heterocycles. The first-order chi connectivity index (χ1) is 26.8. The Balaban J connectivity index is 2.42. The lowest BCUT2D eigenvalue weighted by atomic mass is 9.87. The number of amides is 5. The molecule has 0 saturated carbocycles. The van der Waals surface area contributed by atoms with E-state index in [1.165, 1.54) is 13.8 Å². The molecule has 0 aliphatic rings. The van der Waals surface area contributed by atoms with E-state index in [0.29, 0.717) is 16.9 Å². The molecule has 0 saturated heterocycles. The van der Waals surface area contributed by atoms with Gasteiger partial charge >= 0.3 is 5.97 Å². The van der Waals surface area contributed by atoms with Crippen LogP contribution >= 0.6 is 0 Å². The number of esters is 1. The molecule has 0 spiro atoms. The summed E-state index contributed by atoms with van der Waals surface area (Å²) in [6, 6.07) is 10.9. The molecule has 0 bridgehead atoms. The van der Waals surface area contributed by atoms with E-state index in [1.54, 1.807) is 58.0 Å². The third-order valence-electron chi connectivity index (χ3n) is 9.60. The lowest BCUT2D eigenvalue weighted by Gasteiger charge is -2.30. The molecule has 0 aliphatic carbocycles. The number of rotatable bonds is 22. The summed E-state index contributed by atoms with van der Waals surface area (Å²) >= 11 is 0. The predicted molar refractivity (Wildman–Crippen MR) is 213 cm³/mol. The molecule has 8 atom stereocenters. The van der Waals surface area contributed by atoms with Gasteiger partial charge in [0, 0.05) is 24.8 Å². The maximum absolute atomic E-state index is 14.2. The summed E-state index contributed by atoms with van der Waals surface area (Å²) in [5.74, 6) is -8.48. The SMILES string of the molecule is CC(N)C(=O)NC(C)C(=O)[C@@H](CCC(=O)N(C(=O)CCC(O)C(N)Cc1ccccc1)C(=O)C(NC(=O)C(N)C(C)C)C(C)C)[C@H](N)C(=O)OCc1ccccc1. The van der Waals surface area contributed by atoms with Crippen LogP contribution in [0.1, 0.15) is 78.4 Å². The number of carbonyl (C=O) groups excluding carboxylic acids is 7. The van der Waals surface area contributed by atoms with E-state index in [9.17, 15) is 38.7 Å². The van der Waals surface area contributed by atoms with Gasteiger partial charge in [-0.2, -0.15) is 0 Å². The number of ketones is 1. The highest BCUT2D eigenvalue weighted by Crippen LogP contribution is 2.20. The number of ether oxygens (including phenoxy) is 1. The van der Waals surface area contributed by atoms with Gasteiger partial charge in [-0.25, -0.2) is 4.90 Å². The number of nitrogens with one attached hydrogen (secondary N) is 2. The summed E-state index contributed by atoms with van der Waals surface area (Å²) in [5.41, 5.74) is 25.7. The molecule has 6 unspecified atom stereocenters. The van der Waals surface area contributed by atoms with Crippen LogP contribution in [0, 0.1) is 17.8 Å². The monoisotopic (exact) mass is 795 g/mol. The van der Waals surface area contributed by atoms with Crippen LogP contribution in [0.5, 0.6) is 0 Å². The Morgan fingerprint density at radius 3 is 1.72 bits per heavy atom. The standard InChI is InChI=1S/C41H61N7O9/c1-23(2)34(44)39(54)47-36(24(3)4)40(55)48(33(51)20-18-31(49)30(43)21-27-13-9-7-10-14-27)32(50)19-17-29(37(52)26(6)46-38(53)25(5)42)35(45)41(56)57-22-28-15-11-8-12-16-28/h7-16,23-26,29-31,34-36,49H,17-22,42-45H2,1-6H3,(H,46,53)(H,47,54)/t25?,26?,29-,30?,31?,34?,35-,36?/m0/s1. The van der Waals surface area contributed by atoms with Crippen molar-refractivity contribution in [3.8, 4) is 0 Å². The largest absolute Gasteiger partial charge is 0.460 e. The number of hydrogen-bond acceptors (Lipinski definition) is 13. The van der Waals surface area contributed by atoms with Gasteiger partial charge in [-0.05, 0) is 56.1 Å². The molecule has 0 aliphatic heterocycles. The second-order valence-electron chi connectivity index (χ2n) is 15.1. The number of hydrogen-bond donors (Lipinski definition) is 7. The van der Waals surface area contributed by atoms with Crippen LogP contribution in [0.25, 0.3) is 0 Å². The van der Waals surface area contributed by atoms with Gasteiger partial charge < -0.3 is 43.4 Å². The van der Waals surface area contributed by atoms with Crippen molar-refractivity contribution >= 4 is 41.3 Å². The zero-order valence-electron chi connectivity index (χ0n) is 33.8. The van der Waals surface area contributed by atoms with Gasteiger partial charge in [0.2, 0.25) is 23.6 Å². The van der Waals surface area contributed by atoms with Crippen molar-refractivity contribution in [2.45, 2.75) is 123 Å². The summed E-state index contributed by atoms with van der Waals surface area (Å²) in [6.07, 6.45) is -2.70. The van der Waals surface area contributed by atoms with Crippen molar-refractivity contribution in [2.75, 3.05) is 0 Å². The molecular weight excluding hydrogens is 734 g/mol. The Hall–Kier alpha value is -4.87. The third kappa shape index (κ3) is 15.2. The predicted octanol–water partition coefficient (Wildman–Crippen LogP) is 0.592. The number of carbonyl (C=O) groups is 7. The Kier molecular flexibility index (Phi) is 19.8. The second-order valence-corrected chi connectivity index (χ2v) is 15.1. The molecule has 2 rings (SSSR count). The maximum Gasteiger partial charge on any atom is 0.323 e. The normalized spacial score (nSPS) is 15.6. The molecule has 5 amide bonds. The van der Waals surface area contributed by atoms with E-state index in [0.717, 1.165) is 5.56 Å². The van der Waals surface area contributed by atoms with E-state index in [4.69, 9.17) is 27.7 Å². The molecule has 11 N–H and O–H groups in total. The molecule has 16 nitrogen and oxygen atoms in total. The van der Waals surface area contributed by atoms with Crippen molar-refractivity contribution < 1.29 is 43.4 Å². The van der Waals surface area contributed by atoms with Crippen LogP contribution < -0.4 is 33.6 Å². The van der Waals surface area contributed by atoms with Gasteiger partial charge in [0.25, 0.3) is 5.91 Å². The molecule has 0 radical (unpaired) electrons. The minimum absolute atomic E-state index is 0.162. The van der Waals surface area contributed by atoms with Crippen LogP contribution in [-0.4, -0.2) is 93.6 Å². The fourth-order valence-electron chi connectivity index (χ4n) is 5.83. The highest BCUT2D eigenvalue weighted by atomic mass is 16.5. The van der Waals surface area contributed by atoms with Crippen molar-refractivity contribution in [3.63, 3.8) is 0 Å². The molecular formula is C41H61N7O9. The smallest absolute Gasteiger partial charge is 0.323 e. The van der Waals surface area contributed by atoms with Gasteiger partial charge in [-0.15, -0.1) is 0 Å². The fraction of sp³-hybridized carbons (Fsp3) is 0.537. The molecule has 314 valence electrons. The van der Waals surface area contributed by atoms with Gasteiger partial charge in [0.15, 0.2) is 5.78 Å². The van der Waals surface area contributed by atoms with Crippen molar-refractivity contribution in [1.29, 1.82) is 0 Å². The lowest BCUT2D eigenvalue weighted by Crippen LogP contribution is -2.58. The van der Waals surface area contributed by atoms with E-state index in [1.807, 2.05) is 30.3 Å². The van der Waals surface area contributed by atoms with Gasteiger partial charge in [0.05, 0.1) is 24.2 Å². The van der Waals surface area contributed by atoms with E-state index in [-0.39, 0.29) is 18.9 Å². The minimum Gasteiger partial charge on any atom is -0.460 e. The van der Waals surface area contributed by atoms with Crippen LogP contribution in [0.4, 0.5) is 0 Å². The number of aliphatic hydroxyl groups excluding tert-OH is 1. The second kappa shape index (κ2) is 23.4. The fourth-order valence-corrected chi connectivity index (χ4v) is 5.83. The summed E-state index contributed by atoms with van der Waals surface area (Å²) < 4.78 is 5.38. The average Bonchev–Trinajstić information content (AvgIpc) is 3.17. The Bertz CT molecular complexity index is 1660. The van der Waals surface area contributed by atoms with E-state index >= 15 is 0 Å². The van der Waals surface area contributed by atoms with E-state index < -0.39 is 115 Å². The summed E-state index contributed by atoms with van der Waals surface area (Å²) in [5, 5.41) is 15.9. The number of nitrogens with zero attached hydrogens (tertiary/aromatic N) is 1. The van der Waals surface area contributed by atoms with E-state index in [2.05, 4.69) is 10.6 Å². The average molecular weight is 796 g/mol. The van der Waals surface area contributed by atoms with Crippen molar-refractivity contribution in [2.24, 2.45) is 40.7 Å². The Morgan fingerprint density at radius 2 is 1.21 bits per heavy atom. The number of Topliss-reactive ketones (excluding diaryl/α,β-unsaturated/α-hetero) is 1. The number of imide groups is 3. The summed E-state index contributed by atoms with van der Waals surface area (Å²) in [4.78, 5) is 94.8. The first kappa shape index (κ1) is 48.3. The molecule has 0 fully saturated rings. The number of aliphatic hydroxyl groups is 1. The Labute approximate surface area is 334 Å². The summed E-state index contributed by atoms with van der Waals surface area (Å²) in [7, 11) is 0. The third-order valence-corrected chi connectivity index (χ3v) is 9.60. The van der Waals surface area contributed by atoms with Gasteiger partial charge in [-0.1, -0.05) is 88.4 Å². The molecule has 0 aromatic heterocycles. The first-order valence-electron chi connectivity index (χ1n) is 19.3. The van der Waals surface area contributed by atoms with Crippen LogP contribution in [-0.2, 0) is 51.3 Å². The lowest BCUT2D eigenvalue weighted by molar-refractivity contribution is -0.157. The topological polar surface area (TPSA) is 280 Å². The number of benzene rings is 2. The number of nitrogens with two attached hydrogens (primary N) is 4. The van der Waals surface area contributed by atoms with Crippen LogP contribution in [0.15, 0.2) is 60.7 Å². The molecule has 2 aromatic rings. The summed E-state index contributed by atoms with van der Waals surface area (Å²) in [6.45, 7) is 9.26. The first-order valence-corrected chi connectivity index (χ1v) is 19.3. The van der Waals surface area contributed by atoms with Crippen LogP contribution in [0.3, 0.4) is 0 Å². The molecule has 16 heteroatoms. The van der Waals surface area contributed by atoms with Crippen LogP contribution in [0.2, 0.25) is 0 Å². The quantitative estimate of drug-likeness (QED) is 0.0805. The van der Waals surface area contributed by atoms with Gasteiger partial charge in [-0.3, -0.25) is 33.6 Å². The maximum atomic E-state index is 14.2. The molecule has 57 heavy (non-hydrogen) atoms. The molecule has 2 aromatic carbocycles. The van der Waals surface area contributed by atoms with Crippen molar-refractivity contribution in [3.05, 3.63) is 71.8 Å².